The minimum absolute atomic E-state index is 0.219. The standard InChI is InChI=1S/C17H20N4O/c1-3-8-21-15-6-5-14(9-13(15)4-7-16(21)22)20-17-18-10-12(2)11-19-17/h5-6,9-11H,3-4,7-8H2,1-2H3,(H,18,19,20). The number of rotatable bonds is 4. The van der Waals surface area contributed by atoms with Crippen LogP contribution < -0.4 is 10.2 Å². The predicted molar refractivity (Wildman–Crippen MR) is 87.5 cm³/mol. The number of carbonyl (C=O) groups is 1. The summed E-state index contributed by atoms with van der Waals surface area (Å²) in [5, 5.41) is 3.21. The highest BCUT2D eigenvalue weighted by atomic mass is 16.2. The Labute approximate surface area is 130 Å². The number of hydrogen-bond donors (Lipinski definition) is 1. The van der Waals surface area contributed by atoms with Gasteiger partial charge in [-0.15, -0.1) is 0 Å². The summed E-state index contributed by atoms with van der Waals surface area (Å²) in [5.74, 6) is 0.805. The maximum absolute atomic E-state index is 12.0. The third kappa shape index (κ3) is 2.93. The minimum Gasteiger partial charge on any atom is -0.324 e. The summed E-state index contributed by atoms with van der Waals surface area (Å²) in [4.78, 5) is 22.4. The van der Waals surface area contributed by atoms with Crippen molar-refractivity contribution in [1.82, 2.24) is 9.97 Å². The van der Waals surface area contributed by atoms with E-state index in [1.54, 1.807) is 12.4 Å². The number of aryl methyl sites for hydroxylation is 2. The first-order valence-electron chi connectivity index (χ1n) is 7.66. The van der Waals surface area contributed by atoms with E-state index in [-0.39, 0.29) is 5.91 Å². The van der Waals surface area contributed by atoms with Gasteiger partial charge in [0.25, 0.3) is 0 Å². The number of nitrogens with zero attached hydrogens (tertiary/aromatic N) is 3. The van der Waals surface area contributed by atoms with Crippen molar-refractivity contribution in [1.29, 1.82) is 0 Å². The molecular weight excluding hydrogens is 276 g/mol. The van der Waals surface area contributed by atoms with Crippen LogP contribution >= 0.6 is 0 Å². The van der Waals surface area contributed by atoms with Crippen LogP contribution in [0.4, 0.5) is 17.3 Å². The van der Waals surface area contributed by atoms with Gasteiger partial charge in [0.1, 0.15) is 0 Å². The molecule has 22 heavy (non-hydrogen) atoms. The number of amides is 1. The fourth-order valence-corrected chi connectivity index (χ4v) is 2.69. The summed E-state index contributed by atoms with van der Waals surface area (Å²) < 4.78 is 0. The molecule has 0 fully saturated rings. The smallest absolute Gasteiger partial charge is 0.227 e. The largest absolute Gasteiger partial charge is 0.324 e. The second-order valence-corrected chi connectivity index (χ2v) is 5.60. The highest BCUT2D eigenvalue weighted by Gasteiger charge is 2.23. The molecule has 0 aliphatic carbocycles. The molecule has 1 aromatic carbocycles. The van der Waals surface area contributed by atoms with E-state index in [2.05, 4.69) is 28.3 Å². The molecule has 1 aliphatic rings. The molecule has 0 unspecified atom stereocenters. The average molecular weight is 296 g/mol. The van der Waals surface area contributed by atoms with E-state index in [0.29, 0.717) is 12.4 Å². The van der Waals surface area contributed by atoms with Crippen LogP contribution in [-0.4, -0.2) is 22.4 Å². The Hall–Kier alpha value is -2.43. The Morgan fingerprint density at radius 2 is 2.00 bits per heavy atom. The lowest BCUT2D eigenvalue weighted by Crippen LogP contribution is -2.35. The molecular formula is C17H20N4O. The molecule has 0 radical (unpaired) electrons. The lowest BCUT2D eigenvalue weighted by molar-refractivity contribution is -0.118. The Morgan fingerprint density at radius 3 is 2.73 bits per heavy atom. The normalized spacial score (nSPS) is 13.9. The fraction of sp³-hybridized carbons (Fsp3) is 0.353. The minimum atomic E-state index is 0.219. The van der Waals surface area contributed by atoms with Gasteiger partial charge in [-0.05, 0) is 49.1 Å². The first-order valence-corrected chi connectivity index (χ1v) is 7.66. The summed E-state index contributed by atoms with van der Waals surface area (Å²) in [6.07, 6.45) is 5.91. The molecule has 1 aromatic heterocycles. The van der Waals surface area contributed by atoms with Crippen LogP contribution in [0.15, 0.2) is 30.6 Å². The van der Waals surface area contributed by atoms with Crippen molar-refractivity contribution >= 4 is 23.2 Å². The summed E-state index contributed by atoms with van der Waals surface area (Å²) in [7, 11) is 0. The number of nitrogens with one attached hydrogen (secondary N) is 1. The molecule has 0 atom stereocenters. The van der Waals surface area contributed by atoms with Crippen LogP contribution in [0.3, 0.4) is 0 Å². The van der Waals surface area contributed by atoms with Gasteiger partial charge < -0.3 is 10.2 Å². The van der Waals surface area contributed by atoms with Crippen molar-refractivity contribution in [2.75, 3.05) is 16.8 Å². The number of benzene rings is 1. The highest BCUT2D eigenvalue weighted by molar-refractivity contribution is 5.96. The molecule has 1 aliphatic heterocycles. The molecule has 0 saturated heterocycles. The van der Waals surface area contributed by atoms with Crippen molar-refractivity contribution < 1.29 is 4.79 Å². The Morgan fingerprint density at radius 1 is 1.23 bits per heavy atom. The summed E-state index contributed by atoms with van der Waals surface area (Å²) in [5.41, 5.74) is 4.22. The van der Waals surface area contributed by atoms with Gasteiger partial charge in [-0.25, -0.2) is 9.97 Å². The molecule has 0 bridgehead atoms. The van der Waals surface area contributed by atoms with Gasteiger partial charge in [0.15, 0.2) is 0 Å². The van der Waals surface area contributed by atoms with Crippen molar-refractivity contribution in [2.45, 2.75) is 33.1 Å². The fourth-order valence-electron chi connectivity index (χ4n) is 2.69. The summed E-state index contributed by atoms with van der Waals surface area (Å²) >= 11 is 0. The average Bonchev–Trinajstić information content (AvgIpc) is 2.52. The van der Waals surface area contributed by atoms with Gasteiger partial charge in [-0.3, -0.25) is 4.79 Å². The zero-order valence-electron chi connectivity index (χ0n) is 13.0. The monoisotopic (exact) mass is 296 g/mol. The Balaban J connectivity index is 1.84. The number of anilines is 3. The van der Waals surface area contributed by atoms with E-state index < -0.39 is 0 Å². The van der Waals surface area contributed by atoms with Gasteiger partial charge in [0.05, 0.1) is 0 Å². The van der Waals surface area contributed by atoms with Gasteiger partial charge >= 0.3 is 0 Å². The molecule has 3 rings (SSSR count). The third-order valence-corrected chi connectivity index (χ3v) is 3.76. The number of fused-ring (bicyclic) bond motifs is 1. The number of aromatic nitrogens is 2. The Bertz CT molecular complexity index is 682. The molecule has 0 spiro atoms. The summed E-state index contributed by atoms with van der Waals surface area (Å²) in [6.45, 7) is 4.83. The van der Waals surface area contributed by atoms with Gasteiger partial charge in [-0.2, -0.15) is 0 Å². The van der Waals surface area contributed by atoms with Crippen molar-refractivity contribution in [3.05, 3.63) is 41.7 Å². The maximum Gasteiger partial charge on any atom is 0.227 e. The van der Waals surface area contributed by atoms with Crippen LogP contribution in [0.25, 0.3) is 0 Å². The van der Waals surface area contributed by atoms with Crippen molar-refractivity contribution in [2.24, 2.45) is 0 Å². The highest BCUT2D eigenvalue weighted by Crippen LogP contribution is 2.31. The Kier molecular flexibility index (Phi) is 4.04. The first-order chi connectivity index (χ1) is 10.7. The lowest BCUT2D eigenvalue weighted by atomic mass is 10.00. The predicted octanol–water partition coefficient (Wildman–Crippen LogP) is 3.22. The maximum atomic E-state index is 12.0. The van der Waals surface area contributed by atoms with Crippen LogP contribution in [0.2, 0.25) is 0 Å². The second-order valence-electron chi connectivity index (χ2n) is 5.60. The molecule has 1 amide bonds. The van der Waals surface area contributed by atoms with E-state index in [1.165, 1.54) is 5.56 Å². The molecule has 5 heteroatoms. The number of hydrogen-bond acceptors (Lipinski definition) is 4. The van der Waals surface area contributed by atoms with E-state index >= 15 is 0 Å². The molecule has 114 valence electrons. The third-order valence-electron chi connectivity index (χ3n) is 3.76. The van der Waals surface area contributed by atoms with Crippen LogP contribution in [0.5, 0.6) is 0 Å². The van der Waals surface area contributed by atoms with Gasteiger partial charge in [-0.1, -0.05) is 6.92 Å². The van der Waals surface area contributed by atoms with Crippen LogP contribution in [0, 0.1) is 6.92 Å². The molecule has 2 aromatic rings. The van der Waals surface area contributed by atoms with E-state index in [1.807, 2.05) is 24.0 Å². The zero-order valence-corrected chi connectivity index (χ0v) is 13.0. The van der Waals surface area contributed by atoms with E-state index in [9.17, 15) is 4.79 Å². The van der Waals surface area contributed by atoms with E-state index in [4.69, 9.17) is 0 Å². The molecule has 1 N–H and O–H groups in total. The summed E-state index contributed by atoms with van der Waals surface area (Å²) in [6, 6.07) is 6.08. The topological polar surface area (TPSA) is 58.1 Å². The second kappa shape index (κ2) is 6.13. The zero-order chi connectivity index (χ0) is 15.5. The van der Waals surface area contributed by atoms with Crippen LogP contribution in [0.1, 0.15) is 30.9 Å². The first kappa shape index (κ1) is 14.5. The van der Waals surface area contributed by atoms with Crippen molar-refractivity contribution in [3.63, 3.8) is 0 Å². The van der Waals surface area contributed by atoms with Gasteiger partial charge in [0, 0.05) is 36.7 Å². The molecule has 5 nitrogen and oxygen atoms in total. The quantitative estimate of drug-likeness (QED) is 0.941. The lowest BCUT2D eigenvalue weighted by Gasteiger charge is -2.29. The number of carbonyl (C=O) groups excluding carboxylic acids is 1. The van der Waals surface area contributed by atoms with Crippen molar-refractivity contribution in [3.8, 4) is 0 Å². The van der Waals surface area contributed by atoms with E-state index in [0.717, 1.165) is 36.3 Å². The molecule has 2 heterocycles. The van der Waals surface area contributed by atoms with Gasteiger partial charge in [0.2, 0.25) is 11.9 Å². The van der Waals surface area contributed by atoms with Crippen LogP contribution in [-0.2, 0) is 11.2 Å². The SMILES string of the molecule is CCCN1C(=O)CCc2cc(Nc3ncc(C)cn3)ccc21. The molecule has 0 saturated carbocycles.